The maximum Gasteiger partial charge on any atom is 0.240 e. The van der Waals surface area contributed by atoms with E-state index in [1.165, 1.54) is 0 Å². The van der Waals surface area contributed by atoms with Gasteiger partial charge in [-0.05, 0) is 65.5 Å². The molecule has 3 rings (SSSR count). The first-order chi connectivity index (χ1) is 11.0. The van der Waals surface area contributed by atoms with Crippen molar-refractivity contribution in [1.29, 1.82) is 0 Å². The molecule has 1 aliphatic carbocycles. The van der Waals surface area contributed by atoms with E-state index in [1.807, 2.05) is 49.4 Å². The van der Waals surface area contributed by atoms with Crippen molar-refractivity contribution in [2.75, 3.05) is 10.6 Å². The number of para-hydroxylation sites is 1. The molecule has 2 aromatic carbocycles. The van der Waals surface area contributed by atoms with Crippen molar-refractivity contribution in [2.24, 2.45) is 5.41 Å². The molecular formula is C18H17BrN2O2. The minimum Gasteiger partial charge on any atom is -0.325 e. The highest BCUT2D eigenvalue weighted by atomic mass is 79.9. The fraction of sp³-hybridized carbons (Fsp3) is 0.222. The summed E-state index contributed by atoms with van der Waals surface area (Å²) in [7, 11) is 0. The van der Waals surface area contributed by atoms with E-state index >= 15 is 0 Å². The van der Waals surface area contributed by atoms with Gasteiger partial charge in [-0.25, -0.2) is 0 Å². The zero-order valence-corrected chi connectivity index (χ0v) is 14.3. The highest BCUT2D eigenvalue weighted by Gasteiger charge is 2.56. The van der Waals surface area contributed by atoms with E-state index < -0.39 is 5.41 Å². The highest BCUT2D eigenvalue weighted by molar-refractivity contribution is 9.10. The number of halogens is 1. The van der Waals surface area contributed by atoms with Gasteiger partial charge in [-0.2, -0.15) is 0 Å². The molecule has 0 saturated heterocycles. The molecule has 0 spiro atoms. The van der Waals surface area contributed by atoms with Crippen molar-refractivity contribution < 1.29 is 9.59 Å². The number of aryl methyl sites for hydroxylation is 1. The molecule has 0 atom stereocenters. The normalized spacial score (nSPS) is 14.9. The Bertz CT molecular complexity index is 769. The molecule has 2 N–H and O–H groups in total. The molecule has 1 aliphatic rings. The van der Waals surface area contributed by atoms with E-state index in [2.05, 4.69) is 26.6 Å². The third-order valence-corrected chi connectivity index (χ3v) is 4.71. The highest BCUT2D eigenvalue weighted by Crippen LogP contribution is 2.47. The fourth-order valence-electron chi connectivity index (χ4n) is 2.46. The molecule has 0 unspecified atom stereocenters. The van der Waals surface area contributed by atoms with Crippen LogP contribution in [0.2, 0.25) is 0 Å². The molecule has 23 heavy (non-hydrogen) atoms. The Morgan fingerprint density at radius 1 is 1.00 bits per heavy atom. The molecule has 118 valence electrons. The summed E-state index contributed by atoms with van der Waals surface area (Å²) in [5.41, 5.74) is 1.49. The Labute approximate surface area is 143 Å². The summed E-state index contributed by atoms with van der Waals surface area (Å²) in [6.45, 7) is 1.96. The lowest BCUT2D eigenvalue weighted by atomic mass is 10.0. The predicted molar refractivity (Wildman–Crippen MR) is 94.2 cm³/mol. The van der Waals surface area contributed by atoms with E-state index in [-0.39, 0.29) is 11.8 Å². The van der Waals surface area contributed by atoms with Crippen LogP contribution in [-0.2, 0) is 9.59 Å². The molecule has 2 aromatic rings. The largest absolute Gasteiger partial charge is 0.325 e. The van der Waals surface area contributed by atoms with Crippen molar-refractivity contribution in [1.82, 2.24) is 0 Å². The van der Waals surface area contributed by atoms with Crippen LogP contribution in [0.3, 0.4) is 0 Å². The zero-order chi connectivity index (χ0) is 16.4. The van der Waals surface area contributed by atoms with Crippen LogP contribution in [0.25, 0.3) is 0 Å². The molecule has 5 heteroatoms. The second-order valence-corrected chi connectivity index (χ2v) is 6.69. The number of carbonyl (C=O) groups is 2. The standard InChI is InChI=1S/C18H17BrN2O2/c1-12-5-4-6-13(11-12)20-16(22)18(9-10-18)17(23)21-15-8-3-2-7-14(15)19/h2-8,11H,9-10H2,1H3,(H,20,22)(H,21,23). The van der Waals surface area contributed by atoms with E-state index in [1.54, 1.807) is 6.07 Å². The third-order valence-electron chi connectivity index (χ3n) is 4.02. The van der Waals surface area contributed by atoms with E-state index in [0.717, 1.165) is 15.7 Å². The van der Waals surface area contributed by atoms with Gasteiger partial charge in [0.25, 0.3) is 0 Å². The summed E-state index contributed by atoms with van der Waals surface area (Å²) in [5, 5.41) is 5.70. The van der Waals surface area contributed by atoms with Gasteiger partial charge >= 0.3 is 0 Å². The van der Waals surface area contributed by atoms with Gasteiger partial charge in [-0.15, -0.1) is 0 Å². The van der Waals surface area contributed by atoms with Crippen molar-refractivity contribution in [2.45, 2.75) is 19.8 Å². The van der Waals surface area contributed by atoms with Gasteiger partial charge in [0.2, 0.25) is 11.8 Å². The average Bonchev–Trinajstić information content (AvgIpc) is 3.31. The molecule has 0 bridgehead atoms. The van der Waals surface area contributed by atoms with Gasteiger partial charge in [0.15, 0.2) is 0 Å². The van der Waals surface area contributed by atoms with Crippen molar-refractivity contribution in [3.05, 3.63) is 58.6 Å². The number of nitrogens with one attached hydrogen (secondary N) is 2. The van der Waals surface area contributed by atoms with Gasteiger partial charge in [0.05, 0.1) is 5.69 Å². The average molecular weight is 373 g/mol. The van der Waals surface area contributed by atoms with Crippen LogP contribution in [0.15, 0.2) is 53.0 Å². The summed E-state index contributed by atoms with van der Waals surface area (Å²) in [6, 6.07) is 14.9. The van der Waals surface area contributed by atoms with E-state index in [9.17, 15) is 9.59 Å². The first kappa shape index (κ1) is 15.7. The molecule has 0 heterocycles. The van der Waals surface area contributed by atoms with Crippen LogP contribution >= 0.6 is 15.9 Å². The maximum absolute atomic E-state index is 12.6. The zero-order valence-electron chi connectivity index (χ0n) is 12.7. The van der Waals surface area contributed by atoms with Crippen molar-refractivity contribution in [3.8, 4) is 0 Å². The first-order valence-electron chi connectivity index (χ1n) is 7.45. The molecule has 1 fully saturated rings. The number of hydrogen-bond acceptors (Lipinski definition) is 2. The molecule has 0 aromatic heterocycles. The molecule has 1 saturated carbocycles. The number of carbonyl (C=O) groups excluding carboxylic acids is 2. The first-order valence-corrected chi connectivity index (χ1v) is 8.25. The number of benzene rings is 2. The second-order valence-electron chi connectivity index (χ2n) is 5.84. The molecule has 2 amide bonds. The van der Waals surface area contributed by atoms with Crippen LogP contribution in [0.1, 0.15) is 18.4 Å². The number of anilines is 2. The lowest BCUT2D eigenvalue weighted by molar-refractivity contribution is -0.131. The maximum atomic E-state index is 12.6. The van der Waals surface area contributed by atoms with Crippen LogP contribution in [0.5, 0.6) is 0 Å². The molecule has 0 aliphatic heterocycles. The minimum absolute atomic E-state index is 0.243. The van der Waals surface area contributed by atoms with Crippen LogP contribution < -0.4 is 10.6 Å². The smallest absolute Gasteiger partial charge is 0.240 e. The lowest BCUT2D eigenvalue weighted by Crippen LogP contribution is -2.35. The number of hydrogen-bond donors (Lipinski definition) is 2. The SMILES string of the molecule is Cc1cccc(NC(=O)C2(C(=O)Nc3ccccc3Br)CC2)c1. The Hall–Kier alpha value is -2.14. The number of rotatable bonds is 4. The van der Waals surface area contributed by atoms with Gasteiger partial charge < -0.3 is 10.6 Å². The van der Waals surface area contributed by atoms with Crippen LogP contribution in [0.4, 0.5) is 11.4 Å². The second kappa shape index (κ2) is 6.16. The van der Waals surface area contributed by atoms with Gasteiger partial charge in [-0.1, -0.05) is 24.3 Å². The predicted octanol–water partition coefficient (Wildman–Crippen LogP) is 4.11. The van der Waals surface area contributed by atoms with Gasteiger partial charge in [0.1, 0.15) is 5.41 Å². The Balaban J connectivity index is 1.72. The Kier molecular flexibility index (Phi) is 4.22. The number of amides is 2. The molecule has 4 nitrogen and oxygen atoms in total. The van der Waals surface area contributed by atoms with Gasteiger partial charge in [-0.3, -0.25) is 9.59 Å². The van der Waals surface area contributed by atoms with Crippen molar-refractivity contribution >= 4 is 39.1 Å². The van der Waals surface area contributed by atoms with Crippen LogP contribution in [0, 0.1) is 12.3 Å². The van der Waals surface area contributed by atoms with Gasteiger partial charge in [0, 0.05) is 10.2 Å². The third kappa shape index (κ3) is 3.29. The van der Waals surface area contributed by atoms with E-state index in [4.69, 9.17) is 0 Å². The topological polar surface area (TPSA) is 58.2 Å². The summed E-state index contributed by atoms with van der Waals surface area (Å²) in [4.78, 5) is 25.1. The fourth-order valence-corrected chi connectivity index (χ4v) is 2.84. The minimum atomic E-state index is -0.959. The summed E-state index contributed by atoms with van der Waals surface area (Å²) in [5.74, 6) is -0.498. The van der Waals surface area contributed by atoms with Crippen LogP contribution in [-0.4, -0.2) is 11.8 Å². The molecular weight excluding hydrogens is 356 g/mol. The van der Waals surface area contributed by atoms with E-state index in [0.29, 0.717) is 18.5 Å². The Morgan fingerprint density at radius 3 is 2.35 bits per heavy atom. The van der Waals surface area contributed by atoms with Crippen molar-refractivity contribution in [3.63, 3.8) is 0 Å². The summed E-state index contributed by atoms with van der Waals surface area (Å²) in [6.07, 6.45) is 1.14. The summed E-state index contributed by atoms with van der Waals surface area (Å²) >= 11 is 3.40. The summed E-state index contributed by atoms with van der Waals surface area (Å²) < 4.78 is 0.795. The monoisotopic (exact) mass is 372 g/mol. The molecule has 0 radical (unpaired) electrons. The Morgan fingerprint density at radius 2 is 1.70 bits per heavy atom. The lowest BCUT2D eigenvalue weighted by Gasteiger charge is -2.16. The quantitative estimate of drug-likeness (QED) is 0.793.